The summed E-state index contributed by atoms with van der Waals surface area (Å²) in [6.45, 7) is 1.96. The predicted octanol–water partition coefficient (Wildman–Crippen LogP) is -2.51. The van der Waals surface area contributed by atoms with Crippen molar-refractivity contribution in [3.63, 3.8) is 0 Å². The summed E-state index contributed by atoms with van der Waals surface area (Å²) in [6.07, 6.45) is -1.34. The molecular formula is C19H28N4O7. The van der Waals surface area contributed by atoms with E-state index in [4.69, 9.17) is 10.8 Å². The third-order valence-electron chi connectivity index (χ3n) is 4.25. The second kappa shape index (κ2) is 11.9. The van der Waals surface area contributed by atoms with Gasteiger partial charge in [-0.2, -0.15) is 0 Å². The van der Waals surface area contributed by atoms with Gasteiger partial charge in [-0.3, -0.25) is 14.4 Å². The van der Waals surface area contributed by atoms with E-state index in [1.54, 1.807) is 30.3 Å². The summed E-state index contributed by atoms with van der Waals surface area (Å²) in [5, 5.41) is 35.0. The Morgan fingerprint density at radius 3 is 2.07 bits per heavy atom. The molecule has 0 bridgehead atoms. The van der Waals surface area contributed by atoms with Crippen LogP contribution in [0.1, 0.15) is 19.4 Å². The Labute approximate surface area is 173 Å². The van der Waals surface area contributed by atoms with Gasteiger partial charge in [0, 0.05) is 6.42 Å². The Balaban J connectivity index is 2.79. The van der Waals surface area contributed by atoms with Gasteiger partial charge in [0.15, 0.2) is 0 Å². The van der Waals surface area contributed by atoms with Crippen LogP contribution in [0.2, 0.25) is 0 Å². The number of rotatable bonds is 11. The number of nitrogens with two attached hydrogens (primary N) is 1. The lowest BCUT2D eigenvalue weighted by molar-refractivity contribution is -0.143. The first-order chi connectivity index (χ1) is 14.1. The van der Waals surface area contributed by atoms with Crippen molar-refractivity contribution in [2.45, 2.75) is 50.5 Å². The maximum absolute atomic E-state index is 12.5. The Morgan fingerprint density at radius 2 is 1.57 bits per heavy atom. The fourth-order valence-electron chi connectivity index (χ4n) is 2.46. The highest BCUT2D eigenvalue weighted by atomic mass is 16.4. The number of carbonyl (C=O) groups is 4. The molecule has 166 valence electrons. The van der Waals surface area contributed by atoms with E-state index in [-0.39, 0.29) is 6.42 Å². The van der Waals surface area contributed by atoms with Crippen LogP contribution in [0.5, 0.6) is 0 Å². The molecule has 0 saturated heterocycles. The van der Waals surface area contributed by atoms with Crippen molar-refractivity contribution in [2.24, 2.45) is 5.73 Å². The Kier molecular flexibility index (Phi) is 9.89. The summed E-state index contributed by atoms with van der Waals surface area (Å²) in [6, 6.07) is 3.56. The number of amides is 3. The van der Waals surface area contributed by atoms with Gasteiger partial charge in [0.05, 0.1) is 12.7 Å². The first-order valence-electron chi connectivity index (χ1n) is 9.29. The molecule has 0 fully saturated rings. The number of hydrogen-bond acceptors (Lipinski definition) is 7. The van der Waals surface area contributed by atoms with Crippen molar-refractivity contribution >= 4 is 23.7 Å². The number of carbonyl (C=O) groups excluding carboxylic acids is 3. The fraction of sp³-hybridized carbons (Fsp3) is 0.474. The van der Waals surface area contributed by atoms with E-state index in [1.165, 1.54) is 13.8 Å². The van der Waals surface area contributed by atoms with Gasteiger partial charge < -0.3 is 37.0 Å². The van der Waals surface area contributed by atoms with Crippen LogP contribution in [0.25, 0.3) is 0 Å². The van der Waals surface area contributed by atoms with Crippen molar-refractivity contribution in [1.82, 2.24) is 16.0 Å². The number of benzene rings is 1. The van der Waals surface area contributed by atoms with Gasteiger partial charge in [-0.15, -0.1) is 0 Å². The average Bonchev–Trinajstić information content (AvgIpc) is 2.70. The van der Waals surface area contributed by atoms with Gasteiger partial charge in [0.25, 0.3) is 0 Å². The number of aliphatic hydroxyl groups is 2. The molecule has 11 nitrogen and oxygen atoms in total. The van der Waals surface area contributed by atoms with Crippen LogP contribution in [0.15, 0.2) is 30.3 Å². The number of aliphatic carboxylic acids is 1. The maximum Gasteiger partial charge on any atom is 0.326 e. The van der Waals surface area contributed by atoms with Gasteiger partial charge in [-0.05, 0) is 19.4 Å². The minimum atomic E-state index is -1.46. The highest BCUT2D eigenvalue weighted by Crippen LogP contribution is 2.05. The van der Waals surface area contributed by atoms with E-state index in [0.717, 1.165) is 0 Å². The van der Waals surface area contributed by atoms with Crippen LogP contribution in [-0.2, 0) is 25.6 Å². The molecule has 0 aromatic heterocycles. The molecule has 5 unspecified atom stereocenters. The molecule has 0 heterocycles. The molecule has 0 aliphatic rings. The molecule has 0 radical (unpaired) electrons. The molecule has 0 aliphatic carbocycles. The lowest BCUT2D eigenvalue weighted by Gasteiger charge is -2.25. The van der Waals surface area contributed by atoms with Crippen molar-refractivity contribution in [2.75, 3.05) is 6.61 Å². The first-order valence-corrected chi connectivity index (χ1v) is 9.29. The van der Waals surface area contributed by atoms with E-state index in [0.29, 0.717) is 5.56 Å². The minimum absolute atomic E-state index is 0.00783. The molecule has 3 amide bonds. The number of nitrogens with one attached hydrogen (secondary N) is 3. The molecule has 0 saturated carbocycles. The number of carboxylic acid groups (broad SMARTS) is 1. The predicted molar refractivity (Wildman–Crippen MR) is 106 cm³/mol. The molecule has 0 aliphatic heterocycles. The van der Waals surface area contributed by atoms with Gasteiger partial charge in [-0.25, -0.2) is 4.79 Å². The smallest absolute Gasteiger partial charge is 0.326 e. The lowest BCUT2D eigenvalue weighted by Crippen LogP contribution is -2.59. The highest BCUT2D eigenvalue weighted by Gasteiger charge is 2.31. The summed E-state index contributed by atoms with van der Waals surface area (Å²) in [7, 11) is 0. The van der Waals surface area contributed by atoms with E-state index >= 15 is 0 Å². The number of hydrogen-bond donors (Lipinski definition) is 7. The Morgan fingerprint density at radius 1 is 0.967 bits per heavy atom. The summed E-state index contributed by atoms with van der Waals surface area (Å²) in [5.74, 6) is -3.75. The van der Waals surface area contributed by atoms with Gasteiger partial charge >= 0.3 is 5.97 Å². The number of carboxylic acids is 1. The highest BCUT2D eigenvalue weighted by molar-refractivity contribution is 5.94. The molecule has 0 spiro atoms. The molecule has 1 aromatic carbocycles. The molecule has 30 heavy (non-hydrogen) atoms. The van der Waals surface area contributed by atoms with Crippen molar-refractivity contribution in [1.29, 1.82) is 0 Å². The largest absolute Gasteiger partial charge is 0.480 e. The summed E-state index contributed by atoms with van der Waals surface area (Å²) < 4.78 is 0. The van der Waals surface area contributed by atoms with E-state index in [1.807, 2.05) is 0 Å². The van der Waals surface area contributed by atoms with Crippen molar-refractivity contribution in [3.8, 4) is 0 Å². The van der Waals surface area contributed by atoms with Crippen LogP contribution >= 0.6 is 0 Å². The zero-order valence-corrected chi connectivity index (χ0v) is 16.7. The first kappa shape index (κ1) is 25.0. The SMILES string of the molecule is CC(NC(=O)C(N)CO)C(=O)NC(C(=O)NC(Cc1ccccc1)C(=O)O)C(C)O. The quantitative estimate of drug-likeness (QED) is 0.202. The second-order valence-corrected chi connectivity index (χ2v) is 6.84. The van der Waals surface area contributed by atoms with Crippen LogP contribution < -0.4 is 21.7 Å². The third kappa shape index (κ3) is 7.78. The fourth-order valence-corrected chi connectivity index (χ4v) is 2.46. The Bertz CT molecular complexity index is 742. The van der Waals surface area contributed by atoms with E-state index in [9.17, 15) is 29.4 Å². The monoisotopic (exact) mass is 424 g/mol. The topological polar surface area (TPSA) is 191 Å². The lowest BCUT2D eigenvalue weighted by atomic mass is 10.0. The van der Waals surface area contributed by atoms with E-state index in [2.05, 4.69) is 16.0 Å². The summed E-state index contributed by atoms with van der Waals surface area (Å²) >= 11 is 0. The van der Waals surface area contributed by atoms with Crippen LogP contribution in [0.4, 0.5) is 0 Å². The Hall–Kier alpha value is -3.02. The maximum atomic E-state index is 12.5. The van der Waals surface area contributed by atoms with Gasteiger partial charge in [0.1, 0.15) is 24.2 Å². The molecule has 8 N–H and O–H groups in total. The molecule has 11 heteroatoms. The molecule has 1 rings (SSSR count). The molecule has 5 atom stereocenters. The second-order valence-electron chi connectivity index (χ2n) is 6.84. The number of aliphatic hydroxyl groups excluding tert-OH is 2. The minimum Gasteiger partial charge on any atom is -0.480 e. The summed E-state index contributed by atoms with van der Waals surface area (Å²) in [4.78, 5) is 48.0. The van der Waals surface area contributed by atoms with Crippen molar-refractivity contribution in [3.05, 3.63) is 35.9 Å². The zero-order valence-electron chi connectivity index (χ0n) is 16.7. The molecule has 1 aromatic rings. The van der Waals surface area contributed by atoms with Crippen molar-refractivity contribution < 1.29 is 34.5 Å². The van der Waals surface area contributed by atoms with Gasteiger partial charge in [-0.1, -0.05) is 30.3 Å². The van der Waals surface area contributed by atoms with Gasteiger partial charge in [0.2, 0.25) is 17.7 Å². The van der Waals surface area contributed by atoms with Crippen LogP contribution in [0, 0.1) is 0 Å². The third-order valence-corrected chi connectivity index (χ3v) is 4.25. The summed E-state index contributed by atoms with van der Waals surface area (Å²) in [5.41, 5.74) is 6.04. The average molecular weight is 424 g/mol. The normalized spacial score (nSPS) is 15.8. The van der Waals surface area contributed by atoms with E-state index < -0.39 is 60.6 Å². The standard InChI is InChI=1S/C19H28N4O7/c1-10(21-17(27)13(20)9-24)16(26)23-15(11(2)25)18(28)22-14(19(29)30)8-12-6-4-3-5-7-12/h3-7,10-11,13-15,24-25H,8-9,20H2,1-2H3,(H,21,27)(H,22,28)(H,23,26)(H,29,30). The van der Waals surface area contributed by atoms with Crippen LogP contribution in [0.3, 0.4) is 0 Å². The zero-order chi connectivity index (χ0) is 22.8. The van der Waals surface area contributed by atoms with Crippen LogP contribution in [-0.4, -0.2) is 75.9 Å². The molecular weight excluding hydrogens is 396 g/mol.